The summed E-state index contributed by atoms with van der Waals surface area (Å²) in [6.07, 6.45) is 1.63. The lowest BCUT2D eigenvalue weighted by atomic mass is 10.1. The van der Waals surface area contributed by atoms with Crippen molar-refractivity contribution < 1.29 is 21.6 Å². The monoisotopic (exact) mass is 377 g/mol. The van der Waals surface area contributed by atoms with E-state index in [0.29, 0.717) is 5.52 Å². The molecule has 0 fully saturated rings. The number of amides is 1. The minimum absolute atomic E-state index is 0.0226. The standard InChI is InChI=1S/C15H11N3O5S2/c19-15(11-5-3-4-10-8-9-16-14(10)11)17-18-24(20,21)12-6-1-2-7-13(12)25(18,22)23/h1-9,16H,(H,17,19). The molecule has 25 heavy (non-hydrogen) atoms. The Balaban J connectivity index is 1.79. The lowest BCUT2D eigenvalue weighted by Crippen LogP contribution is -2.45. The quantitative estimate of drug-likeness (QED) is 0.696. The normalized spacial score (nSPS) is 18.1. The number of aromatic amines is 1. The molecule has 1 aliphatic heterocycles. The average Bonchev–Trinajstić information content (AvgIpc) is 3.12. The van der Waals surface area contributed by atoms with Gasteiger partial charge in [-0.15, -0.1) is 0 Å². The summed E-state index contributed by atoms with van der Waals surface area (Å²) in [7, 11) is -8.79. The van der Waals surface area contributed by atoms with Crippen molar-refractivity contribution in [3.63, 3.8) is 0 Å². The van der Waals surface area contributed by atoms with E-state index in [9.17, 15) is 21.6 Å². The molecule has 1 amide bonds. The lowest BCUT2D eigenvalue weighted by molar-refractivity contribution is 0.0917. The van der Waals surface area contributed by atoms with Gasteiger partial charge in [0.25, 0.3) is 26.0 Å². The number of hydrogen-bond donors (Lipinski definition) is 2. The highest BCUT2D eigenvalue weighted by molar-refractivity contribution is 8.06. The zero-order valence-electron chi connectivity index (χ0n) is 12.5. The topological polar surface area (TPSA) is 116 Å². The van der Waals surface area contributed by atoms with E-state index in [0.717, 1.165) is 5.39 Å². The van der Waals surface area contributed by atoms with Crippen LogP contribution in [0.1, 0.15) is 10.4 Å². The fourth-order valence-electron chi connectivity index (χ4n) is 2.72. The van der Waals surface area contributed by atoms with Crippen molar-refractivity contribution in [2.75, 3.05) is 0 Å². The molecule has 2 heterocycles. The third-order valence-electron chi connectivity index (χ3n) is 3.87. The first-order valence-corrected chi connectivity index (χ1v) is 9.98. The van der Waals surface area contributed by atoms with Gasteiger partial charge in [0.2, 0.25) is 0 Å². The summed E-state index contributed by atoms with van der Waals surface area (Å²) in [5.41, 5.74) is 2.61. The SMILES string of the molecule is O=C(NN1S(=O)(=O)c2ccccc2S1(=O)=O)c1cccc2cc[nH]c12. The minimum Gasteiger partial charge on any atom is -0.361 e. The minimum atomic E-state index is -4.39. The van der Waals surface area contributed by atoms with E-state index < -0.39 is 26.0 Å². The molecule has 8 nitrogen and oxygen atoms in total. The molecule has 1 aliphatic rings. The Morgan fingerprint density at radius 1 is 0.880 bits per heavy atom. The number of nitrogens with one attached hydrogen (secondary N) is 2. The average molecular weight is 377 g/mol. The van der Waals surface area contributed by atoms with Gasteiger partial charge in [0.05, 0.1) is 11.1 Å². The number of rotatable bonds is 2. The molecule has 4 rings (SSSR count). The highest BCUT2D eigenvalue weighted by Crippen LogP contribution is 2.35. The number of fused-ring (bicyclic) bond motifs is 2. The van der Waals surface area contributed by atoms with Gasteiger partial charge in [-0.2, -0.15) is 0 Å². The predicted molar refractivity (Wildman–Crippen MR) is 88.4 cm³/mol. The van der Waals surface area contributed by atoms with Gasteiger partial charge in [-0.25, -0.2) is 16.8 Å². The highest BCUT2D eigenvalue weighted by Gasteiger charge is 2.48. The Morgan fingerprint density at radius 2 is 1.52 bits per heavy atom. The second-order valence-corrected chi connectivity index (χ2v) is 9.08. The molecule has 0 unspecified atom stereocenters. The van der Waals surface area contributed by atoms with Gasteiger partial charge in [0, 0.05) is 15.4 Å². The van der Waals surface area contributed by atoms with E-state index in [4.69, 9.17) is 0 Å². The van der Waals surface area contributed by atoms with Gasteiger partial charge in [0.15, 0.2) is 0 Å². The molecule has 2 aromatic carbocycles. The number of carbonyl (C=O) groups is 1. The van der Waals surface area contributed by atoms with Crippen LogP contribution in [0.5, 0.6) is 0 Å². The van der Waals surface area contributed by atoms with Crippen LogP contribution in [-0.4, -0.2) is 31.5 Å². The van der Waals surface area contributed by atoms with Gasteiger partial charge in [0.1, 0.15) is 9.79 Å². The first-order chi connectivity index (χ1) is 11.8. The van der Waals surface area contributed by atoms with E-state index >= 15 is 0 Å². The largest absolute Gasteiger partial charge is 0.361 e. The zero-order chi connectivity index (χ0) is 17.8. The molecular formula is C15H11N3O5S2. The molecule has 0 spiro atoms. The van der Waals surface area contributed by atoms with E-state index in [2.05, 4.69) is 4.98 Å². The van der Waals surface area contributed by atoms with E-state index in [1.54, 1.807) is 24.4 Å². The van der Waals surface area contributed by atoms with Crippen LogP contribution in [-0.2, 0) is 20.0 Å². The fourth-order valence-corrected chi connectivity index (χ4v) is 6.78. The van der Waals surface area contributed by atoms with Crippen LogP contribution in [0.2, 0.25) is 0 Å². The number of carbonyl (C=O) groups excluding carboxylic acids is 1. The van der Waals surface area contributed by atoms with Gasteiger partial charge >= 0.3 is 0 Å². The molecule has 0 radical (unpaired) electrons. The summed E-state index contributed by atoms with van der Waals surface area (Å²) in [4.78, 5) is 14.7. The summed E-state index contributed by atoms with van der Waals surface area (Å²) >= 11 is 0. The Labute approximate surface area is 143 Å². The number of sulfonamides is 2. The van der Waals surface area contributed by atoms with Crippen molar-refractivity contribution in [3.8, 4) is 0 Å². The molecule has 3 aromatic rings. The van der Waals surface area contributed by atoms with Crippen LogP contribution in [0, 0.1) is 0 Å². The van der Waals surface area contributed by atoms with Crippen molar-refractivity contribution in [2.24, 2.45) is 0 Å². The van der Waals surface area contributed by atoms with Gasteiger partial charge in [-0.05, 0) is 24.3 Å². The molecule has 0 saturated carbocycles. The van der Waals surface area contributed by atoms with Crippen molar-refractivity contribution >= 4 is 36.9 Å². The Morgan fingerprint density at radius 3 is 2.16 bits per heavy atom. The Hall–Kier alpha value is -2.69. The maximum atomic E-state index is 12.5. The van der Waals surface area contributed by atoms with E-state index in [1.165, 1.54) is 30.3 Å². The third kappa shape index (κ3) is 2.18. The summed E-state index contributed by atoms with van der Waals surface area (Å²) in [5, 5.41) is 0.739. The van der Waals surface area contributed by atoms with E-state index in [-0.39, 0.29) is 19.2 Å². The Kier molecular flexibility index (Phi) is 3.26. The summed E-state index contributed by atoms with van der Waals surface area (Å²) in [5.74, 6) is -0.854. The molecular weight excluding hydrogens is 366 g/mol. The Bertz CT molecular complexity index is 1180. The first kappa shape index (κ1) is 15.8. The fraction of sp³-hybridized carbons (Fsp3) is 0. The second kappa shape index (κ2) is 5.15. The number of aromatic nitrogens is 1. The van der Waals surface area contributed by atoms with Crippen molar-refractivity contribution in [1.82, 2.24) is 14.2 Å². The highest BCUT2D eigenvalue weighted by atomic mass is 32.3. The summed E-state index contributed by atoms with van der Waals surface area (Å²) in [6, 6.07) is 11.8. The van der Waals surface area contributed by atoms with Gasteiger partial charge < -0.3 is 4.98 Å². The van der Waals surface area contributed by atoms with Crippen molar-refractivity contribution in [3.05, 3.63) is 60.3 Å². The molecule has 128 valence electrons. The summed E-state index contributed by atoms with van der Waals surface area (Å²) < 4.78 is 50.0. The third-order valence-corrected chi connectivity index (χ3v) is 8.05. The zero-order valence-corrected chi connectivity index (χ0v) is 14.1. The lowest BCUT2D eigenvalue weighted by Gasteiger charge is -2.15. The molecule has 10 heteroatoms. The molecule has 2 N–H and O–H groups in total. The van der Waals surface area contributed by atoms with E-state index in [1.807, 2.05) is 5.43 Å². The number of hydrogen-bond acceptors (Lipinski definition) is 5. The van der Waals surface area contributed by atoms with Crippen LogP contribution >= 0.6 is 0 Å². The van der Waals surface area contributed by atoms with Crippen LogP contribution in [0.4, 0.5) is 0 Å². The smallest absolute Gasteiger partial charge is 0.275 e. The van der Waals surface area contributed by atoms with Crippen LogP contribution in [0.15, 0.2) is 64.5 Å². The number of H-pyrrole nitrogens is 1. The van der Waals surface area contributed by atoms with Crippen LogP contribution < -0.4 is 5.43 Å². The van der Waals surface area contributed by atoms with Gasteiger partial charge in [-0.3, -0.25) is 10.2 Å². The molecule has 0 atom stereocenters. The van der Waals surface area contributed by atoms with Crippen molar-refractivity contribution in [2.45, 2.75) is 9.79 Å². The molecule has 0 saturated heterocycles. The van der Waals surface area contributed by atoms with Crippen LogP contribution in [0.3, 0.4) is 0 Å². The second-order valence-electron chi connectivity index (χ2n) is 5.34. The van der Waals surface area contributed by atoms with Crippen LogP contribution in [0.25, 0.3) is 10.9 Å². The maximum Gasteiger partial charge on any atom is 0.275 e. The maximum absolute atomic E-state index is 12.5. The number of para-hydroxylation sites is 1. The van der Waals surface area contributed by atoms with Gasteiger partial charge in [-0.1, -0.05) is 24.3 Å². The number of hydrazine groups is 1. The molecule has 0 bridgehead atoms. The molecule has 1 aromatic heterocycles. The van der Waals surface area contributed by atoms with Crippen molar-refractivity contribution in [1.29, 1.82) is 0 Å². The molecule has 0 aliphatic carbocycles. The summed E-state index contributed by atoms with van der Waals surface area (Å²) in [6.45, 7) is 0. The predicted octanol–water partition coefficient (Wildman–Crippen LogP) is 1.21. The first-order valence-electron chi connectivity index (χ1n) is 7.10. The number of benzene rings is 2. The number of nitrogens with zero attached hydrogens (tertiary/aromatic N) is 1.